The number of methoxy groups -OCH3 is 1. The van der Waals surface area contributed by atoms with E-state index >= 15 is 0 Å². The molecule has 0 saturated heterocycles. The Morgan fingerprint density at radius 1 is 1.21 bits per heavy atom. The van der Waals surface area contributed by atoms with E-state index < -0.39 is 0 Å². The lowest BCUT2D eigenvalue weighted by Crippen LogP contribution is -2.32. The molecule has 1 N–H and O–H groups in total. The van der Waals surface area contributed by atoms with Crippen LogP contribution in [-0.2, 0) is 14.3 Å². The van der Waals surface area contributed by atoms with Crippen LogP contribution < -0.4 is 5.32 Å². The van der Waals surface area contributed by atoms with Gasteiger partial charge in [-0.2, -0.15) is 0 Å². The zero-order chi connectivity index (χ0) is 11.2. The first kappa shape index (κ1) is 12.9. The second kappa shape index (κ2) is 5.62. The van der Waals surface area contributed by atoms with Crippen LogP contribution >= 0.6 is 0 Å². The summed E-state index contributed by atoms with van der Waals surface area (Å²) in [6.07, 6.45) is 0.342. The van der Waals surface area contributed by atoms with Crippen LogP contribution in [0.2, 0.25) is 0 Å². The molecule has 0 atom stereocenters. The lowest BCUT2D eigenvalue weighted by molar-refractivity contribution is -0.142. The van der Waals surface area contributed by atoms with Crippen LogP contribution in [0.15, 0.2) is 0 Å². The van der Waals surface area contributed by atoms with Crippen LogP contribution in [0.4, 0.5) is 0 Å². The van der Waals surface area contributed by atoms with Crippen molar-refractivity contribution in [1.82, 2.24) is 5.32 Å². The zero-order valence-electron chi connectivity index (χ0n) is 9.35. The summed E-state index contributed by atoms with van der Waals surface area (Å²) in [5.41, 5.74) is 0.0704. The highest BCUT2D eigenvalue weighted by Crippen LogP contribution is 2.10. The average molecular weight is 201 g/mol. The molecule has 0 heterocycles. The third-order valence-electron chi connectivity index (χ3n) is 1.60. The number of hydrogen-bond acceptors (Lipinski definition) is 3. The molecule has 0 aromatic rings. The number of carbonyl (C=O) groups is 2. The molecule has 0 unspecified atom stereocenters. The van der Waals surface area contributed by atoms with Gasteiger partial charge in [0.05, 0.1) is 13.5 Å². The van der Waals surface area contributed by atoms with E-state index in [9.17, 15) is 9.59 Å². The predicted molar refractivity (Wildman–Crippen MR) is 53.7 cm³/mol. The number of hydrogen-bond donors (Lipinski definition) is 1. The molecule has 82 valence electrons. The summed E-state index contributed by atoms with van der Waals surface area (Å²) in [7, 11) is 1.31. The molecule has 0 aliphatic carbocycles. The number of carbonyl (C=O) groups excluding carboxylic acids is 2. The van der Waals surface area contributed by atoms with Crippen LogP contribution in [0, 0.1) is 5.41 Å². The fraction of sp³-hybridized carbons (Fsp3) is 0.800. The summed E-state index contributed by atoms with van der Waals surface area (Å²) in [6.45, 7) is 6.72. The van der Waals surface area contributed by atoms with Crippen LogP contribution in [0.1, 0.15) is 33.6 Å². The van der Waals surface area contributed by atoms with Crippen LogP contribution in [0.5, 0.6) is 0 Å². The van der Waals surface area contributed by atoms with Crippen molar-refractivity contribution >= 4 is 11.9 Å². The monoisotopic (exact) mass is 201 g/mol. The molecule has 0 aliphatic heterocycles. The Hall–Kier alpha value is -1.06. The molecule has 0 rings (SSSR count). The number of amides is 1. The second-order valence-electron chi connectivity index (χ2n) is 4.41. The maximum atomic E-state index is 11.2. The number of nitrogens with one attached hydrogen (secondary N) is 1. The van der Waals surface area contributed by atoms with Crippen molar-refractivity contribution in [2.45, 2.75) is 33.6 Å². The van der Waals surface area contributed by atoms with Gasteiger partial charge in [-0.1, -0.05) is 20.8 Å². The maximum absolute atomic E-state index is 11.2. The Balaban J connectivity index is 3.62. The van der Waals surface area contributed by atoms with Gasteiger partial charge in [-0.25, -0.2) is 0 Å². The minimum atomic E-state index is -0.351. The summed E-state index contributed by atoms with van der Waals surface area (Å²) in [5.74, 6) is -0.457. The quantitative estimate of drug-likeness (QED) is 0.693. The van der Waals surface area contributed by atoms with Gasteiger partial charge >= 0.3 is 5.97 Å². The van der Waals surface area contributed by atoms with Crippen LogP contribution in [-0.4, -0.2) is 25.5 Å². The van der Waals surface area contributed by atoms with E-state index in [2.05, 4.69) is 10.1 Å². The first-order valence-corrected chi connectivity index (χ1v) is 4.68. The summed E-state index contributed by atoms with van der Waals surface area (Å²) in [6, 6.07) is 0. The predicted octanol–water partition coefficient (Wildman–Crippen LogP) is 1.10. The minimum Gasteiger partial charge on any atom is -0.469 e. The topological polar surface area (TPSA) is 55.4 Å². The van der Waals surface area contributed by atoms with Gasteiger partial charge in [0, 0.05) is 13.0 Å². The van der Waals surface area contributed by atoms with Crippen LogP contribution in [0.25, 0.3) is 0 Å². The van der Waals surface area contributed by atoms with Gasteiger partial charge in [-0.3, -0.25) is 9.59 Å². The highest BCUT2D eigenvalue weighted by Gasteiger charge is 2.12. The molecular weight excluding hydrogens is 182 g/mol. The SMILES string of the molecule is COC(=O)CCC(=O)NCC(C)(C)C. The molecule has 0 fully saturated rings. The van der Waals surface area contributed by atoms with E-state index in [0.29, 0.717) is 6.54 Å². The van der Waals surface area contributed by atoms with E-state index in [1.807, 2.05) is 20.8 Å². The van der Waals surface area contributed by atoms with Gasteiger partial charge < -0.3 is 10.1 Å². The Morgan fingerprint density at radius 3 is 2.21 bits per heavy atom. The van der Waals surface area contributed by atoms with Crippen molar-refractivity contribution < 1.29 is 14.3 Å². The molecule has 0 radical (unpaired) electrons. The average Bonchev–Trinajstić information content (AvgIpc) is 2.09. The summed E-state index contributed by atoms with van der Waals surface area (Å²) >= 11 is 0. The molecule has 0 aliphatic rings. The van der Waals surface area contributed by atoms with Gasteiger partial charge in [0.15, 0.2) is 0 Å². The lowest BCUT2D eigenvalue weighted by Gasteiger charge is -2.18. The van der Waals surface area contributed by atoms with Crippen LogP contribution in [0.3, 0.4) is 0 Å². The molecule has 4 heteroatoms. The zero-order valence-corrected chi connectivity index (χ0v) is 9.35. The Labute approximate surface area is 85.0 Å². The molecule has 0 spiro atoms. The van der Waals surface area contributed by atoms with Crippen molar-refractivity contribution in [3.63, 3.8) is 0 Å². The smallest absolute Gasteiger partial charge is 0.306 e. The lowest BCUT2D eigenvalue weighted by atomic mass is 9.97. The number of rotatable bonds is 4. The molecule has 1 amide bonds. The maximum Gasteiger partial charge on any atom is 0.306 e. The van der Waals surface area contributed by atoms with E-state index in [-0.39, 0.29) is 30.1 Å². The highest BCUT2D eigenvalue weighted by atomic mass is 16.5. The Morgan fingerprint density at radius 2 is 1.79 bits per heavy atom. The highest BCUT2D eigenvalue weighted by molar-refractivity contribution is 5.81. The number of esters is 1. The summed E-state index contributed by atoms with van der Waals surface area (Å²) in [4.78, 5) is 21.9. The molecule has 0 bridgehead atoms. The molecule has 14 heavy (non-hydrogen) atoms. The van der Waals surface area contributed by atoms with Crippen molar-refractivity contribution in [1.29, 1.82) is 0 Å². The molecule has 0 saturated carbocycles. The van der Waals surface area contributed by atoms with E-state index in [4.69, 9.17) is 0 Å². The van der Waals surface area contributed by atoms with E-state index in [1.165, 1.54) is 7.11 Å². The largest absolute Gasteiger partial charge is 0.469 e. The molecule has 0 aromatic carbocycles. The van der Waals surface area contributed by atoms with Crippen molar-refractivity contribution in [2.24, 2.45) is 5.41 Å². The van der Waals surface area contributed by atoms with Crippen molar-refractivity contribution in [2.75, 3.05) is 13.7 Å². The number of ether oxygens (including phenoxy) is 1. The van der Waals surface area contributed by atoms with Gasteiger partial charge in [-0.05, 0) is 5.41 Å². The normalized spacial score (nSPS) is 10.9. The second-order valence-corrected chi connectivity index (χ2v) is 4.41. The third kappa shape index (κ3) is 7.58. The summed E-state index contributed by atoms with van der Waals surface area (Å²) < 4.78 is 4.43. The molecule has 4 nitrogen and oxygen atoms in total. The van der Waals surface area contributed by atoms with Crippen molar-refractivity contribution in [3.8, 4) is 0 Å². The first-order chi connectivity index (χ1) is 6.35. The third-order valence-corrected chi connectivity index (χ3v) is 1.60. The van der Waals surface area contributed by atoms with E-state index in [0.717, 1.165) is 0 Å². The molecule has 0 aromatic heterocycles. The first-order valence-electron chi connectivity index (χ1n) is 4.68. The fourth-order valence-corrected chi connectivity index (χ4v) is 0.770. The van der Waals surface area contributed by atoms with Crippen molar-refractivity contribution in [3.05, 3.63) is 0 Å². The minimum absolute atomic E-state index is 0.0704. The molecular formula is C10H19NO3. The Kier molecular flexibility index (Phi) is 5.20. The van der Waals surface area contributed by atoms with E-state index in [1.54, 1.807) is 0 Å². The Bertz CT molecular complexity index is 206. The van der Waals surface area contributed by atoms with Gasteiger partial charge in [-0.15, -0.1) is 0 Å². The van der Waals surface area contributed by atoms with Gasteiger partial charge in [0.25, 0.3) is 0 Å². The standard InChI is InChI=1S/C10H19NO3/c1-10(2,3)7-11-8(12)5-6-9(13)14-4/h5-7H2,1-4H3,(H,11,12). The van der Waals surface area contributed by atoms with Gasteiger partial charge in [0.1, 0.15) is 0 Å². The van der Waals surface area contributed by atoms with Gasteiger partial charge in [0.2, 0.25) is 5.91 Å². The fourth-order valence-electron chi connectivity index (χ4n) is 0.770. The summed E-state index contributed by atoms with van der Waals surface area (Å²) in [5, 5.41) is 2.76.